The summed E-state index contributed by atoms with van der Waals surface area (Å²) in [5, 5.41) is 12.2. The number of azide groups is 1. The Morgan fingerprint density at radius 2 is 2.36 bits per heavy atom. The van der Waals surface area contributed by atoms with Crippen molar-refractivity contribution in [1.29, 1.82) is 0 Å². The molecule has 0 amide bonds. The van der Waals surface area contributed by atoms with Crippen LogP contribution >= 0.6 is 0 Å². The zero-order chi connectivity index (χ0) is 8.53. The average Bonchev–Trinajstić information content (AvgIpc) is 2.04. The Morgan fingerprint density at radius 3 is 2.91 bits per heavy atom. The maximum Gasteiger partial charge on any atom is 0.114 e. The highest BCUT2D eigenvalue weighted by Crippen LogP contribution is 1.99. The van der Waals surface area contributed by atoms with Gasteiger partial charge in [0.2, 0.25) is 0 Å². The molecule has 4 heteroatoms. The van der Waals surface area contributed by atoms with Gasteiger partial charge < -0.3 is 5.11 Å². The van der Waals surface area contributed by atoms with Crippen molar-refractivity contribution in [2.24, 2.45) is 5.11 Å². The van der Waals surface area contributed by atoms with Crippen LogP contribution in [0.15, 0.2) is 5.11 Å². The van der Waals surface area contributed by atoms with Crippen LogP contribution in [0.4, 0.5) is 0 Å². The Labute approximate surface area is 65.9 Å². The van der Waals surface area contributed by atoms with Gasteiger partial charge in [0.1, 0.15) is 6.10 Å². The lowest BCUT2D eigenvalue weighted by Crippen LogP contribution is -2.01. The van der Waals surface area contributed by atoms with Crippen LogP contribution in [0.2, 0.25) is 0 Å². The van der Waals surface area contributed by atoms with Gasteiger partial charge in [-0.2, -0.15) is 0 Å². The summed E-state index contributed by atoms with van der Waals surface area (Å²) < 4.78 is 0. The van der Waals surface area contributed by atoms with E-state index in [4.69, 9.17) is 17.1 Å². The molecule has 1 atom stereocenters. The zero-order valence-electron chi connectivity index (χ0n) is 6.27. The summed E-state index contributed by atoms with van der Waals surface area (Å²) in [5.74, 6) is 2.21. The Hall–Kier alpha value is -1.17. The molecule has 1 N–H and O–H groups in total. The molecule has 0 saturated carbocycles. The number of aliphatic hydroxyl groups is 1. The molecule has 0 aliphatic rings. The van der Waals surface area contributed by atoms with Gasteiger partial charge in [0.15, 0.2) is 0 Å². The highest BCUT2D eigenvalue weighted by Gasteiger charge is 1.96. The van der Waals surface area contributed by atoms with Crippen molar-refractivity contribution in [1.82, 2.24) is 0 Å². The quantitative estimate of drug-likeness (QED) is 0.210. The number of hydrogen-bond donors (Lipinski definition) is 1. The minimum Gasteiger partial charge on any atom is -0.380 e. The van der Waals surface area contributed by atoms with Crippen LogP contribution in [0.3, 0.4) is 0 Å². The zero-order valence-corrected chi connectivity index (χ0v) is 6.27. The van der Waals surface area contributed by atoms with Gasteiger partial charge in [-0.15, -0.1) is 6.42 Å². The molecular formula is C7H11N3O. The Balaban J connectivity index is 3.15. The molecule has 0 spiro atoms. The topological polar surface area (TPSA) is 69.0 Å². The molecular weight excluding hydrogens is 142 g/mol. The van der Waals surface area contributed by atoms with E-state index >= 15 is 0 Å². The molecule has 0 aromatic carbocycles. The van der Waals surface area contributed by atoms with Crippen LogP contribution in [-0.4, -0.2) is 17.8 Å². The smallest absolute Gasteiger partial charge is 0.114 e. The molecule has 11 heavy (non-hydrogen) atoms. The molecule has 0 bridgehead atoms. The fourth-order valence-electron chi connectivity index (χ4n) is 0.648. The molecule has 0 saturated heterocycles. The number of rotatable bonds is 5. The van der Waals surface area contributed by atoms with E-state index in [1.807, 2.05) is 0 Å². The Kier molecular flexibility index (Phi) is 6.20. The molecule has 4 nitrogen and oxygen atoms in total. The van der Waals surface area contributed by atoms with Gasteiger partial charge in [-0.3, -0.25) is 0 Å². The van der Waals surface area contributed by atoms with Crippen molar-refractivity contribution in [3.8, 4) is 12.3 Å². The normalized spacial score (nSPS) is 11.3. The summed E-state index contributed by atoms with van der Waals surface area (Å²) in [6.07, 6.45) is 6.44. The van der Waals surface area contributed by atoms with Gasteiger partial charge in [-0.05, 0) is 24.8 Å². The average molecular weight is 153 g/mol. The first-order valence-corrected chi connectivity index (χ1v) is 3.46. The van der Waals surface area contributed by atoms with Gasteiger partial charge in [0.05, 0.1) is 0 Å². The third-order valence-electron chi connectivity index (χ3n) is 1.24. The van der Waals surface area contributed by atoms with Gasteiger partial charge in [0.25, 0.3) is 0 Å². The summed E-state index contributed by atoms with van der Waals surface area (Å²) in [6, 6.07) is 0. The standard InChI is InChI=1S/C7H11N3O/c1-2-7(11)5-3-4-6-9-10-8/h1,7,11H,3-6H2. The first-order chi connectivity index (χ1) is 5.31. The minimum atomic E-state index is -0.652. The molecule has 60 valence electrons. The first-order valence-electron chi connectivity index (χ1n) is 3.46. The maximum absolute atomic E-state index is 8.87. The Morgan fingerprint density at radius 1 is 1.64 bits per heavy atom. The van der Waals surface area contributed by atoms with E-state index in [0.29, 0.717) is 13.0 Å². The summed E-state index contributed by atoms with van der Waals surface area (Å²) >= 11 is 0. The lowest BCUT2D eigenvalue weighted by Gasteiger charge is -1.99. The minimum absolute atomic E-state index is 0.480. The van der Waals surface area contributed by atoms with Crippen LogP contribution in [0, 0.1) is 12.3 Å². The van der Waals surface area contributed by atoms with Crippen LogP contribution < -0.4 is 0 Å². The third-order valence-corrected chi connectivity index (χ3v) is 1.24. The van der Waals surface area contributed by atoms with Crippen molar-refractivity contribution in [2.45, 2.75) is 25.4 Å². The summed E-state index contributed by atoms with van der Waals surface area (Å²) in [7, 11) is 0. The van der Waals surface area contributed by atoms with Crippen molar-refractivity contribution >= 4 is 0 Å². The molecule has 0 fully saturated rings. The second kappa shape index (κ2) is 6.94. The van der Waals surface area contributed by atoms with Crippen molar-refractivity contribution in [3.05, 3.63) is 10.4 Å². The molecule has 0 radical (unpaired) electrons. The Bertz CT molecular complexity index is 179. The second-order valence-corrected chi connectivity index (χ2v) is 2.13. The lowest BCUT2D eigenvalue weighted by molar-refractivity contribution is 0.218. The van der Waals surface area contributed by atoms with Crippen molar-refractivity contribution in [3.63, 3.8) is 0 Å². The van der Waals surface area contributed by atoms with Crippen molar-refractivity contribution in [2.75, 3.05) is 6.54 Å². The fraction of sp³-hybridized carbons (Fsp3) is 0.714. The van der Waals surface area contributed by atoms with Gasteiger partial charge >= 0.3 is 0 Å². The molecule has 0 rings (SSSR count). The number of aliphatic hydroxyl groups excluding tert-OH is 1. The lowest BCUT2D eigenvalue weighted by atomic mass is 10.1. The molecule has 1 unspecified atom stereocenters. The summed E-state index contributed by atoms with van der Waals surface area (Å²) in [5.41, 5.74) is 7.90. The van der Waals surface area contributed by atoms with E-state index in [1.54, 1.807) is 0 Å². The van der Waals surface area contributed by atoms with E-state index in [-0.39, 0.29) is 0 Å². The van der Waals surface area contributed by atoms with Crippen LogP contribution in [-0.2, 0) is 0 Å². The summed E-state index contributed by atoms with van der Waals surface area (Å²) in [6.45, 7) is 0.480. The van der Waals surface area contributed by atoms with E-state index in [9.17, 15) is 0 Å². The van der Waals surface area contributed by atoms with Crippen LogP contribution in [0.25, 0.3) is 10.4 Å². The SMILES string of the molecule is C#CC(O)CCCCN=[N+]=[N-]. The van der Waals surface area contributed by atoms with Crippen LogP contribution in [0.5, 0.6) is 0 Å². The number of unbranched alkanes of at least 4 members (excludes halogenated alkanes) is 1. The third kappa shape index (κ3) is 6.72. The van der Waals surface area contributed by atoms with E-state index in [2.05, 4.69) is 15.9 Å². The second-order valence-electron chi connectivity index (χ2n) is 2.13. The van der Waals surface area contributed by atoms with Gasteiger partial charge in [-0.1, -0.05) is 11.0 Å². The van der Waals surface area contributed by atoms with E-state index < -0.39 is 6.10 Å². The summed E-state index contributed by atoms with van der Waals surface area (Å²) in [4.78, 5) is 2.59. The molecule has 0 aliphatic carbocycles. The molecule has 0 heterocycles. The van der Waals surface area contributed by atoms with Crippen LogP contribution in [0.1, 0.15) is 19.3 Å². The predicted octanol–water partition coefficient (Wildman–Crippen LogP) is 1.46. The highest BCUT2D eigenvalue weighted by molar-refractivity contribution is 4.92. The molecule has 0 aromatic rings. The van der Waals surface area contributed by atoms with E-state index in [0.717, 1.165) is 12.8 Å². The predicted molar refractivity (Wildman–Crippen MR) is 42.7 cm³/mol. The largest absolute Gasteiger partial charge is 0.380 e. The monoisotopic (exact) mass is 153 g/mol. The van der Waals surface area contributed by atoms with E-state index in [1.165, 1.54) is 0 Å². The maximum atomic E-state index is 8.87. The van der Waals surface area contributed by atoms with Gasteiger partial charge in [-0.25, -0.2) is 0 Å². The highest BCUT2D eigenvalue weighted by atomic mass is 16.3. The number of terminal acetylenes is 1. The van der Waals surface area contributed by atoms with Crippen molar-refractivity contribution < 1.29 is 5.11 Å². The first kappa shape index (κ1) is 9.83. The number of hydrogen-bond acceptors (Lipinski definition) is 2. The molecule has 0 aromatic heterocycles. The molecule has 0 aliphatic heterocycles. The fourth-order valence-corrected chi connectivity index (χ4v) is 0.648. The van der Waals surface area contributed by atoms with Gasteiger partial charge in [0, 0.05) is 11.5 Å². The number of nitrogens with zero attached hydrogens (tertiary/aromatic N) is 3.